The largest absolute Gasteiger partial charge is 0.424 e. The van der Waals surface area contributed by atoms with Crippen LogP contribution in [0.1, 0.15) is 32.6 Å². The first-order chi connectivity index (χ1) is 7.79. The van der Waals surface area contributed by atoms with Crippen LogP contribution in [0.2, 0.25) is 0 Å². The second-order valence-electron chi connectivity index (χ2n) is 4.38. The average molecular weight is 256 g/mol. The highest BCUT2D eigenvalue weighted by Gasteiger charge is 2.21. The fourth-order valence-corrected chi connectivity index (χ4v) is 1.44. The molecule has 0 saturated heterocycles. The summed E-state index contributed by atoms with van der Waals surface area (Å²) >= 11 is 1.12. The molecule has 0 bridgehead atoms. The summed E-state index contributed by atoms with van der Waals surface area (Å²) in [4.78, 5) is 3.58. The molecule has 94 valence electrons. The van der Waals surface area contributed by atoms with E-state index in [4.69, 9.17) is 21.3 Å². The molecule has 8 heteroatoms. The lowest BCUT2D eigenvalue weighted by Gasteiger charge is -2.10. The van der Waals surface area contributed by atoms with Crippen LogP contribution in [0.4, 0.5) is 0 Å². The van der Waals surface area contributed by atoms with E-state index in [0.717, 1.165) is 11.8 Å². The van der Waals surface area contributed by atoms with Crippen LogP contribution in [-0.2, 0) is 11.2 Å². The topological polar surface area (TPSA) is 127 Å². The molecule has 1 rings (SSSR count). The minimum absolute atomic E-state index is 0.0144. The Bertz CT molecular complexity index is 429. The fraction of sp³-hybridized carbons (Fsp3) is 0.556. The number of nitrogens with two attached hydrogens (primary N) is 2. The van der Waals surface area contributed by atoms with Gasteiger partial charge in [0.1, 0.15) is 0 Å². The van der Waals surface area contributed by atoms with Gasteiger partial charge in [-0.05, 0) is 0 Å². The molecule has 5 N–H and O–H groups in total. The lowest BCUT2D eigenvalue weighted by atomic mass is 9.97. The monoisotopic (exact) mass is 256 g/mol. The molecular weight excluding hydrogens is 240 g/mol. The number of nitrogens with one attached hydrogen (secondary N) is 1. The van der Waals surface area contributed by atoms with Gasteiger partial charge in [-0.15, -0.1) is 10.2 Å². The quantitative estimate of drug-likeness (QED) is 0.530. The SMILES string of the molecule is CC(C)(C)c1nnc(CSC(=N)N=C(N)N)o1. The Morgan fingerprint density at radius 3 is 2.53 bits per heavy atom. The van der Waals surface area contributed by atoms with Gasteiger partial charge in [-0.25, -0.2) is 0 Å². The van der Waals surface area contributed by atoms with E-state index in [2.05, 4.69) is 15.2 Å². The molecule has 1 aromatic heterocycles. The first-order valence-electron chi connectivity index (χ1n) is 4.93. The maximum atomic E-state index is 7.42. The summed E-state index contributed by atoms with van der Waals surface area (Å²) < 4.78 is 5.45. The van der Waals surface area contributed by atoms with Crippen molar-refractivity contribution >= 4 is 22.9 Å². The van der Waals surface area contributed by atoms with Crippen LogP contribution in [0.15, 0.2) is 9.41 Å². The second kappa shape index (κ2) is 5.17. The molecule has 0 aliphatic carbocycles. The van der Waals surface area contributed by atoms with Gasteiger partial charge in [-0.1, -0.05) is 32.5 Å². The van der Waals surface area contributed by atoms with Crippen LogP contribution in [0.5, 0.6) is 0 Å². The molecule has 0 aliphatic rings. The highest BCUT2D eigenvalue weighted by atomic mass is 32.2. The number of thioether (sulfide) groups is 1. The number of hydrogen-bond donors (Lipinski definition) is 3. The lowest BCUT2D eigenvalue weighted by Crippen LogP contribution is -2.23. The number of aliphatic imine (C=N–C) groups is 1. The summed E-state index contributed by atoms with van der Waals surface area (Å²) in [5.74, 6) is 1.26. The average Bonchev–Trinajstić information content (AvgIpc) is 2.61. The summed E-state index contributed by atoms with van der Waals surface area (Å²) in [5.41, 5.74) is 10.1. The number of aromatic nitrogens is 2. The standard InChI is InChI=1S/C9H16N6OS/c1-9(2,3)6-15-14-5(16-6)4-17-8(12)13-7(10)11/h4H2,1-3H3,(H5,10,11,12,13). The molecular formula is C9H16N6OS. The molecule has 7 nitrogen and oxygen atoms in total. The maximum absolute atomic E-state index is 7.42. The van der Waals surface area contributed by atoms with E-state index < -0.39 is 0 Å². The van der Waals surface area contributed by atoms with Crippen molar-refractivity contribution in [3.05, 3.63) is 11.8 Å². The van der Waals surface area contributed by atoms with E-state index in [1.54, 1.807) is 0 Å². The third kappa shape index (κ3) is 4.43. The molecule has 0 amide bonds. The number of amidine groups is 1. The molecule has 1 aromatic rings. The third-order valence-electron chi connectivity index (χ3n) is 1.67. The molecule has 0 atom stereocenters. The Morgan fingerprint density at radius 2 is 2.06 bits per heavy atom. The Kier molecular flexibility index (Phi) is 4.11. The zero-order valence-electron chi connectivity index (χ0n) is 10.0. The fourth-order valence-electron chi connectivity index (χ4n) is 0.895. The van der Waals surface area contributed by atoms with Crippen LogP contribution in [0, 0.1) is 5.41 Å². The van der Waals surface area contributed by atoms with E-state index in [9.17, 15) is 0 Å². The van der Waals surface area contributed by atoms with Crippen molar-refractivity contribution in [2.75, 3.05) is 0 Å². The zero-order chi connectivity index (χ0) is 13.1. The van der Waals surface area contributed by atoms with E-state index in [1.165, 1.54) is 0 Å². The van der Waals surface area contributed by atoms with Gasteiger partial charge < -0.3 is 15.9 Å². The van der Waals surface area contributed by atoms with Gasteiger partial charge in [0.15, 0.2) is 11.1 Å². The van der Waals surface area contributed by atoms with Crippen LogP contribution in [-0.4, -0.2) is 21.3 Å². The third-order valence-corrected chi connectivity index (χ3v) is 2.43. The first-order valence-corrected chi connectivity index (χ1v) is 5.91. The molecule has 1 heterocycles. The number of nitrogens with zero attached hydrogens (tertiary/aromatic N) is 3. The van der Waals surface area contributed by atoms with Crippen molar-refractivity contribution < 1.29 is 4.42 Å². The van der Waals surface area contributed by atoms with Gasteiger partial charge in [-0.2, -0.15) is 4.99 Å². The predicted molar refractivity (Wildman–Crippen MR) is 67.8 cm³/mol. The Hall–Kier alpha value is -1.57. The molecule has 0 aromatic carbocycles. The predicted octanol–water partition coefficient (Wildman–Crippen LogP) is 0.808. The van der Waals surface area contributed by atoms with Crippen LogP contribution < -0.4 is 11.5 Å². The van der Waals surface area contributed by atoms with E-state index >= 15 is 0 Å². The van der Waals surface area contributed by atoms with Crippen LogP contribution >= 0.6 is 11.8 Å². The summed E-state index contributed by atoms with van der Waals surface area (Å²) in [6.45, 7) is 5.96. The van der Waals surface area contributed by atoms with Gasteiger partial charge in [0.05, 0.1) is 5.75 Å². The van der Waals surface area contributed by atoms with Gasteiger partial charge in [-0.3, -0.25) is 5.41 Å². The normalized spacial score (nSPS) is 11.2. The van der Waals surface area contributed by atoms with E-state index in [0.29, 0.717) is 17.5 Å². The minimum Gasteiger partial charge on any atom is -0.424 e. The van der Waals surface area contributed by atoms with Crippen molar-refractivity contribution in [2.45, 2.75) is 31.9 Å². The van der Waals surface area contributed by atoms with Crippen LogP contribution in [0.3, 0.4) is 0 Å². The summed E-state index contributed by atoms with van der Waals surface area (Å²) in [7, 11) is 0. The summed E-state index contributed by atoms with van der Waals surface area (Å²) in [6.07, 6.45) is 0. The van der Waals surface area contributed by atoms with Crippen molar-refractivity contribution in [2.24, 2.45) is 16.5 Å². The molecule has 0 saturated carbocycles. The molecule has 0 fully saturated rings. The minimum atomic E-state index is -0.177. The van der Waals surface area contributed by atoms with Gasteiger partial charge in [0.2, 0.25) is 11.8 Å². The van der Waals surface area contributed by atoms with E-state index in [1.807, 2.05) is 20.8 Å². The van der Waals surface area contributed by atoms with Gasteiger partial charge >= 0.3 is 0 Å². The number of rotatable bonds is 2. The van der Waals surface area contributed by atoms with Gasteiger partial charge in [0, 0.05) is 5.41 Å². The zero-order valence-corrected chi connectivity index (χ0v) is 10.8. The van der Waals surface area contributed by atoms with Crippen molar-refractivity contribution in [3.8, 4) is 0 Å². The number of guanidine groups is 1. The maximum Gasteiger partial charge on any atom is 0.226 e. The Labute approximate surface area is 104 Å². The highest BCUT2D eigenvalue weighted by Crippen LogP contribution is 2.22. The molecule has 0 radical (unpaired) electrons. The Balaban J connectivity index is 2.57. The summed E-state index contributed by atoms with van der Waals surface area (Å²) in [6, 6.07) is 0. The first kappa shape index (κ1) is 13.5. The lowest BCUT2D eigenvalue weighted by molar-refractivity contribution is 0.378. The highest BCUT2D eigenvalue weighted by molar-refractivity contribution is 8.13. The van der Waals surface area contributed by atoms with Crippen molar-refractivity contribution in [3.63, 3.8) is 0 Å². The van der Waals surface area contributed by atoms with E-state index in [-0.39, 0.29) is 16.5 Å². The smallest absolute Gasteiger partial charge is 0.226 e. The molecule has 0 unspecified atom stereocenters. The molecule has 0 aliphatic heterocycles. The van der Waals surface area contributed by atoms with Crippen molar-refractivity contribution in [1.29, 1.82) is 5.41 Å². The molecule has 17 heavy (non-hydrogen) atoms. The van der Waals surface area contributed by atoms with Crippen LogP contribution in [0.25, 0.3) is 0 Å². The Morgan fingerprint density at radius 1 is 1.41 bits per heavy atom. The molecule has 0 spiro atoms. The number of hydrogen-bond acceptors (Lipinski definition) is 5. The summed E-state index contributed by atoms with van der Waals surface area (Å²) in [5, 5.41) is 15.3. The van der Waals surface area contributed by atoms with Gasteiger partial charge in [0.25, 0.3) is 0 Å². The second-order valence-corrected chi connectivity index (χ2v) is 5.35. The van der Waals surface area contributed by atoms with Crippen molar-refractivity contribution in [1.82, 2.24) is 10.2 Å².